The van der Waals surface area contributed by atoms with Gasteiger partial charge in [-0.2, -0.15) is 0 Å². The molecule has 3 heterocycles. The molecule has 3 fully saturated rings. The minimum atomic E-state index is -0.335. The van der Waals surface area contributed by atoms with Crippen LogP contribution in [0.1, 0.15) is 25.7 Å². The Morgan fingerprint density at radius 1 is 1.12 bits per heavy atom. The van der Waals surface area contributed by atoms with Crippen LogP contribution in [0, 0.1) is 0 Å². The Hall–Kier alpha value is -2.28. The van der Waals surface area contributed by atoms with E-state index in [0.717, 1.165) is 38.3 Å². The van der Waals surface area contributed by atoms with Crippen LogP contribution in [0.2, 0.25) is 0 Å². The fraction of sp³-hybridized carbons (Fsp3) is 0.579. The average molecular weight is 358 g/mol. The number of likely N-dealkylation sites (tertiary alicyclic amines) is 2. The van der Waals surface area contributed by atoms with Crippen molar-refractivity contribution in [3.8, 4) is 0 Å². The number of amides is 3. The molecule has 7 heteroatoms. The minimum absolute atomic E-state index is 0.0601. The summed E-state index contributed by atoms with van der Waals surface area (Å²) in [6.07, 6.45) is 4.44. The van der Waals surface area contributed by atoms with Gasteiger partial charge in [0.1, 0.15) is 6.61 Å². The lowest BCUT2D eigenvalue weighted by Crippen LogP contribution is -2.50. The number of cyclic esters (lactones) is 1. The Morgan fingerprint density at radius 2 is 1.96 bits per heavy atom. The molecular weight excluding hydrogens is 332 g/mol. The first kappa shape index (κ1) is 17.1. The van der Waals surface area contributed by atoms with Crippen molar-refractivity contribution in [1.29, 1.82) is 0 Å². The van der Waals surface area contributed by atoms with Gasteiger partial charge in [-0.25, -0.2) is 9.59 Å². The molecule has 1 aromatic carbocycles. The zero-order chi connectivity index (χ0) is 17.9. The Balaban J connectivity index is 1.39. The van der Waals surface area contributed by atoms with Gasteiger partial charge in [-0.3, -0.25) is 9.80 Å². The first-order chi connectivity index (χ1) is 12.7. The normalized spacial score (nSPS) is 24.0. The van der Waals surface area contributed by atoms with Gasteiger partial charge in [0.2, 0.25) is 0 Å². The second-order valence-electron chi connectivity index (χ2n) is 7.23. The highest BCUT2D eigenvalue weighted by atomic mass is 16.6. The molecule has 0 spiro atoms. The Morgan fingerprint density at radius 3 is 2.73 bits per heavy atom. The van der Waals surface area contributed by atoms with Crippen LogP contribution >= 0.6 is 0 Å². The van der Waals surface area contributed by atoms with E-state index in [2.05, 4.69) is 10.2 Å². The van der Waals surface area contributed by atoms with Crippen LogP contribution in [0.15, 0.2) is 24.3 Å². The summed E-state index contributed by atoms with van der Waals surface area (Å²) < 4.78 is 4.98. The van der Waals surface area contributed by atoms with Crippen molar-refractivity contribution >= 4 is 23.5 Å². The molecule has 3 amide bonds. The molecule has 0 saturated carbocycles. The van der Waals surface area contributed by atoms with Crippen LogP contribution in [0.25, 0.3) is 0 Å². The van der Waals surface area contributed by atoms with Crippen molar-refractivity contribution in [1.82, 2.24) is 9.80 Å². The van der Waals surface area contributed by atoms with Crippen LogP contribution in [0.3, 0.4) is 0 Å². The van der Waals surface area contributed by atoms with Crippen molar-refractivity contribution in [2.45, 2.75) is 31.7 Å². The van der Waals surface area contributed by atoms with Gasteiger partial charge < -0.3 is 15.0 Å². The molecule has 7 nitrogen and oxygen atoms in total. The molecule has 1 atom stereocenters. The third kappa shape index (κ3) is 3.62. The monoisotopic (exact) mass is 358 g/mol. The molecule has 1 aromatic rings. The number of hydrogen-bond acceptors (Lipinski definition) is 4. The average Bonchev–Trinajstić information content (AvgIpc) is 3.34. The summed E-state index contributed by atoms with van der Waals surface area (Å²) >= 11 is 0. The van der Waals surface area contributed by atoms with Gasteiger partial charge >= 0.3 is 12.1 Å². The van der Waals surface area contributed by atoms with Crippen LogP contribution in [-0.2, 0) is 4.74 Å². The van der Waals surface area contributed by atoms with Crippen molar-refractivity contribution in [3.05, 3.63) is 24.3 Å². The molecule has 0 bridgehead atoms. The Bertz CT molecular complexity index is 675. The minimum Gasteiger partial charge on any atom is -0.447 e. The fourth-order valence-electron chi connectivity index (χ4n) is 4.13. The summed E-state index contributed by atoms with van der Waals surface area (Å²) in [6, 6.07) is 7.81. The van der Waals surface area contributed by atoms with Crippen molar-refractivity contribution in [2.24, 2.45) is 0 Å². The Labute approximate surface area is 153 Å². The summed E-state index contributed by atoms with van der Waals surface area (Å²) in [5.41, 5.74) is 1.45. The number of urea groups is 1. The molecule has 26 heavy (non-hydrogen) atoms. The van der Waals surface area contributed by atoms with Gasteiger partial charge in [0, 0.05) is 30.5 Å². The first-order valence-corrected chi connectivity index (χ1v) is 9.55. The second-order valence-corrected chi connectivity index (χ2v) is 7.23. The highest BCUT2D eigenvalue weighted by Crippen LogP contribution is 2.24. The molecule has 0 radical (unpaired) electrons. The SMILES string of the molecule is O=C(Nc1cccc(N2CCOC2=O)c1)N1CCCC(N2CCCC2)C1. The van der Waals surface area contributed by atoms with Gasteiger partial charge in [0.15, 0.2) is 0 Å². The number of nitrogens with one attached hydrogen (secondary N) is 1. The van der Waals surface area contributed by atoms with Gasteiger partial charge in [-0.15, -0.1) is 0 Å². The van der Waals surface area contributed by atoms with E-state index in [-0.39, 0.29) is 12.1 Å². The summed E-state index contributed by atoms with van der Waals surface area (Å²) in [4.78, 5) is 30.5. The number of anilines is 2. The molecule has 4 rings (SSSR count). The van der Waals surface area contributed by atoms with E-state index in [1.807, 2.05) is 29.2 Å². The zero-order valence-corrected chi connectivity index (χ0v) is 15.0. The summed E-state index contributed by atoms with van der Waals surface area (Å²) in [5.74, 6) is 0. The second kappa shape index (κ2) is 7.53. The largest absolute Gasteiger partial charge is 0.447 e. The van der Waals surface area contributed by atoms with E-state index in [1.165, 1.54) is 19.3 Å². The number of rotatable bonds is 3. The van der Waals surface area contributed by atoms with E-state index in [1.54, 1.807) is 4.90 Å². The topological polar surface area (TPSA) is 65.1 Å². The molecule has 0 aliphatic carbocycles. The number of piperidine rings is 1. The Kier molecular flexibility index (Phi) is 4.97. The van der Waals surface area contributed by atoms with Gasteiger partial charge in [0.25, 0.3) is 0 Å². The maximum Gasteiger partial charge on any atom is 0.414 e. The van der Waals surface area contributed by atoms with E-state index < -0.39 is 0 Å². The van der Waals surface area contributed by atoms with E-state index in [0.29, 0.717) is 24.9 Å². The standard InChI is InChI=1S/C19H26N4O3/c24-18(22-10-4-7-17(14-22)21-8-1-2-9-21)20-15-5-3-6-16(13-15)23-11-12-26-19(23)25/h3,5-6,13,17H,1-2,4,7-12,14H2,(H,20,24). The van der Waals surface area contributed by atoms with Crippen LogP contribution in [0.4, 0.5) is 21.0 Å². The molecule has 3 aliphatic rings. The highest BCUT2D eigenvalue weighted by Gasteiger charge is 2.29. The van der Waals surface area contributed by atoms with Gasteiger partial charge in [-0.1, -0.05) is 6.07 Å². The predicted molar refractivity (Wildman–Crippen MR) is 99.6 cm³/mol. The van der Waals surface area contributed by atoms with Gasteiger partial charge in [-0.05, 0) is 57.0 Å². The quantitative estimate of drug-likeness (QED) is 0.902. The summed E-state index contributed by atoms with van der Waals surface area (Å²) in [6.45, 7) is 4.86. The number of benzene rings is 1. The molecule has 140 valence electrons. The van der Waals surface area contributed by atoms with E-state index >= 15 is 0 Å². The van der Waals surface area contributed by atoms with Crippen molar-refractivity contribution < 1.29 is 14.3 Å². The lowest BCUT2D eigenvalue weighted by atomic mass is 10.0. The number of carbonyl (C=O) groups is 2. The molecule has 0 aromatic heterocycles. The maximum atomic E-state index is 12.7. The summed E-state index contributed by atoms with van der Waals surface area (Å²) in [5, 5.41) is 2.99. The zero-order valence-electron chi connectivity index (χ0n) is 15.0. The predicted octanol–water partition coefficient (Wildman–Crippen LogP) is 2.74. The molecule has 1 N–H and O–H groups in total. The third-order valence-corrected chi connectivity index (χ3v) is 5.51. The van der Waals surface area contributed by atoms with E-state index in [9.17, 15) is 9.59 Å². The molecule has 3 aliphatic heterocycles. The lowest BCUT2D eigenvalue weighted by Gasteiger charge is -2.37. The number of nitrogens with zero attached hydrogens (tertiary/aromatic N) is 3. The first-order valence-electron chi connectivity index (χ1n) is 9.55. The summed E-state index contributed by atoms with van der Waals surface area (Å²) in [7, 11) is 0. The highest BCUT2D eigenvalue weighted by molar-refractivity contribution is 5.93. The van der Waals surface area contributed by atoms with Crippen LogP contribution in [0.5, 0.6) is 0 Å². The van der Waals surface area contributed by atoms with Crippen LogP contribution in [-0.4, -0.2) is 67.3 Å². The smallest absolute Gasteiger partial charge is 0.414 e. The molecule has 3 saturated heterocycles. The molecular formula is C19H26N4O3. The number of ether oxygens (including phenoxy) is 1. The van der Waals surface area contributed by atoms with Crippen molar-refractivity contribution in [2.75, 3.05) is 49.5 Å². The fourth-order valence-corrected chi connectivity index (χ4v) is 4.13. The maximum absolute atomic E-state index is 12.7. The number of hydrogen-bond donors (Lipinski definition) is 1. The molecule has 1 unspecified atom stereocenters. The third-order valence-electron chi connectivity index (χ3n) is 5.51. The van der Waals surface area contributed by atoms with Crippen LogP contribution < -0.4 is 10.2 Å². The van der Waals surface area contributed by atoms with Crippen molar-refractivity contribution in [3.63, 3.8) is 0 Å². The van der Waals surface area contributed by atoms with E-state index in [4.69, 9.17) is 4.74 Å². The van der Waals surface area contributed by atoms with Gasteiger partial charge in [0.05, 0.1) is 6.54 Å². The lowest BCUT2D eigenvalue weighted by molar-refractivity contribution is 0.132. The number of carbonyl (C=O) groups excluding carboxylic acids is 2.